The summed E-state index contributed by atoms with van der Waals surface area (Å²) in [6.07, 6.45) is 3.95. The van der Waals surface area contributed by atoms with Crippen LogP contribution in [0.15, 0.2) is 17.4 Å². The molecule has 1 aliphatic rings. The van der Waals surface area contributed by atoms with Gasteiger partial charge in [-0.15, -0.1) is 0 Å². The quantitative estimate of drug-likeness (QED) is 0.601. The second-order valence-electron chi connectivity index (χ2n) is 4.15. The van der Waals surface area contributed by atoms with Gasteiger partial charge in [0.2, 0.25) is 0 Å². The molecule has 1 aromatic heterocycles. The van der Waals surface area contributed by atoms with Gasteiger partial charge in [-0.05, 0) is 18.7 Å². The van der Waals surface area contributed by atoms with Crippen LogP contribution in [0.25, 0.3) is 0 Å². The van der Waals surface area contributed by atoms with Gasteiger partial charge in [-0.3, -0.25) is 0 Å². The Morgan fingerprint density at radius 3 is 3.12 bits per heavy atom. The highest BCUT2D eigenvalue weighted by atomic mass is 32.2. The maximum absolute atomic E-state index is 9.71. The molecule has 1 fully saturated rings. The Labute approximate surface area is 105 Å². The third-order valence-electron chi connectivity index (χ3n) is 3.05. The molecule has 0 aromatic carbocycles. The zero-order valence-corrected chi connectivity index (χ0v) is 10.6. The zero-order chi connectivity index (χ0) is 12.3. The maximum atomic E-state index is 9.71. The fraction of sp³-hybridized carbons (Fsp3) is 0.636. The predicted molar refractivity (Wildman–Crippen MR) is 67.2 cm³/mol. The van der Waals surface area contributed by atoms with Crippen molar-refractivity contribution in [2.75, 3.05) is 30.9 Å². The summed E-state index contributed by atoms with van der Waals surface area (Å²) in [6, 6.07) is 1.87. The highest BCUT2D eigenvalue weighted by Gasteiger charge is 2.27. The SMILES string of the molecule is CSc1nccc(N2CCC(O)C(CO)C2)n1. The Bertz CT molecular complexity index is 377. The minimum Gasteiger partial charge on any atom is -0.396 e. The van der Waals surface area contributed by atoms with E-state index in [1.165, 1.54) is 11.8 Å². The van der Waals surface area contributed by atoms with Crippen LogP contribution in [0.4, 0.5) is 5.82 Å². The van der Waals surface area contributed by atoms with Crippen LogP contribution in [0.3, 0.4) is 0 Å². The second kappa shape index (κ2) is 5.66. The molecule has 0 spiro atoms. The summed E-state index contributed by atoms with van der Waals surface area (Å²) in [5.41, 5.74) is 0. The van der Waals surface area contributed by atoms with Gasteiger partial charge in [0.25, 0.3) is 0 Å². The summed E-state index contributed by atoms with van der Waals surface area (Å²) < 4.78 is 0. The van der Waals surface area contributed by atoms with Gasteiger partial charge in [0.05, 0.1) is 12.7 Å². The standard InChI is InChI=1S/C11H17N3O2S/c1-17-11-12-4-2-10(13-11)14-5-3-9(16)8(6-14)7-15/h2,4,8-9,15-16H,3,5-7H2,1H3. The van der Waals surface area contributed by atoms with Gasteiger partial charge in [0.1, 0.15) is 5.82 Å². The molecule has 2 heterocycles. The molecule has 0 saturated carbocycles. The number of thioether (sulfide) groups is 1. The molecule has 0 amide bonds. The molecule has 17 heavy (non-hydrogen) atoms. The van der Waals surface area contributed by atoms with Crippen LogP contribution in [0.5, 0.6) is 0 Å². The van der Waals surface area contributed by atoms with E-state index < -0.39 is 6.10 Å². The normalized spacial score (nSPS) is 25.0. The fourth-order valence-corrected chi connectivity index (χ4v) is 2.36. The first-order chi connectivity index (χ1) is 8.24. The molecule has 2 N–H and O–H groups in total. The molecule has 1 aliphatic heterocycles. The zero-order valence-electron chi connectivity index (χ0n) is 9.78. The maximum Gasteiger partial charge on any atom is 0.189 e. The van der Waals surface area contributed by atoms with Crippen molar-refractivity contribution in [3.63, 3.8) is 0 Å². The molecule has 2 atom stereocenters. The lowest BCUT2D eigenvalue weighted by atomic mass is 9.95. The van der Waals surface area contributed by atoms with Gasteiger partial charge >= 0.3 is 0 Å². The lowest BCUT2D eigenvalue weighted by molar-refractivity contribution is 0.0523. The summed E-state index contributed by atoms with van der Waals surface area (Å²) in [7, 11) is 0. The summed E-state index contributed by atoms with van der Waals surface area (Å²) in [6.45, 7) is 1.42. The molecule has 1 saturated heterocycles. The van der Waals surface area contributed by atoms with Crippen molar-refractivity contribution in [3.8, 4) is 0 Å². The van der Waals surface area contributed by atoms with Gasteiger partial charge in [-0.2, -0.15) is 0 Å². The molecule has 0 aliphatic carbocycles. The number of piperidine rings is 1. The number of hydrogen-bond acceptors (Lipinski definition) is 6. The van der Waals surface area contributed by atoms with E-state index in [1.807, 2.05) is 12.3 Å². The molecule has 0 radical (unpaired) electrons. The summed E-state index contributed by atoms with van der Waals surface area (Å²) in [4.78, 5) is 10.6. The van der Waals surface area contributed by atoms with Crippen molar-refractivity contribution in [1.29, 1.82) is 0 Å². The number of aromatic nitrogens is 2. The Morgan fingerprint density at radius 2 is 2.41 bits per heavy atom. The smallest absolute Gasteiger partial charge is 0.189 e. The highest BCUT2D eigenvalue weighted by Crippen LogP contribution is 2.22. The van der Waals surface area contributed by atoms with Gasteiger partial charge in [-0.25, -0.2) is 9.97 Å². The van der Waals surface area contributed by atoms with E-state index in [4.69, 9.17) is 0 Å². The summed E-state index contributed by atoms with van der Waals surface area (Å²) >= 11 is 1.51. The minimum absolute atomic E-state index is 0.0120. The first-order valence-electron chi connectivity index (χ1n) is 5.65. The molecular formula is C11H17N3O2S. The van der Waals surface area contributed by atoms with E-state index >= 15 is 0 Å². The Morgan fingerprint density at radius 1 is 1.59 bits per heavy atom. The van der Waals surface area contributed by atoms with Crippen LogP contribution in [0.1, 0.15) is 6.42 Å². The van der Waals surface area contributed by atoms with E-state index in [0.29, 0.717) is 13.0 Å². The fourth-order valence-electron chi connectivity index (χ4n) is 2.01. The molecule has 5 nitrogen and oxygen atoms in total. The van der Waals surface area contributed by atoms with Crippen LogP contribution < -0.4 is 4.90 Å². The third-order valence-corrected chi connectivity index (χ3v) is 3.62. The van der Waals surface area contributed by atoms with E-state index in [9.17, 15) is 10.2 Å². The second-order valence-corrected chi connectivity index (χ2v) is 4.92. The number of anilines is 1. The van der Waals surface area contributed by atoms with Crippen molar-refractivity contribution in [2.24, 2.45) is 5.92 Å². The van der Waals surface area contributed by atoms with E-state index in [-0.39, 0.29) is 12.5 Å². The van der Waals surface area contributed by atoms with Crippen molar-refractivity contribution in [2.45, 2.75) is 17.7 Å². The van der Waals surface area contributed by atoms with Crippen LogP contribution in [-0.4, -0.2) is 52.2 Å². The minimum atomic E-state index is -0.405. The van der Waals surface area contributed by atoms with Gasteiger partial charge < -0.3 is 15.1 Å². The molecule has 2 rings (SSSR count). The summed E-state index contributed by atoms with van der Waals surface area (Å²) in [5.74, 6) is 0.783. The van der Waals surface area contributed by atoms with Crippen molar-refractivity contribution >= 4 is 17.6 Å². The molecule has 2 unspecified atom stereocenters. The average Bonchev–Trinajstić information content (AvgIpc) is 2.39. The van der Waals surface area contributed by atoms with Crippen molar-refractivity contribution in [3.05, 3.63) is 12.3 Å². The van der Waals surface area contributed by atoms with Crippen LogP contribution in [0, 0.1) is 5.92 Å². The molecule has 6 heteroatoms. The van der Waals surface area contributed by atoms with Crippen molar-refractivity contribution in [1.82, 2.24) is 9.97 Å². The van der Waals surface area contributed by atoms with Crippen LogP contribution in [0.2, 0.25) is 0 Å². The van der Waals surface area contributed by atoms with E-state index in [2.05, 4.69) is 14.9 Å². The van der Waals surface area contributed by atoms with Gasteiger partial charge in [-0.1, -0.05) is 11.8 Å². The van der Waals surface area contributed by atoms with E-state index in [0.717, 1.165) is 17.5 Å². The Hall–Kier alpha value is -0.850. The highest BCUT2D eigenvalue weighted by molar-refractivity contribution is 7.98. The number of hydrogen-bond donors (Lipinski definition) is 2. The number of aliphatic hydroxyl groups excluding tert-OH is 2. The number of aliphatic hydroxyl groups is 2. The molecule has 0 bridgehead atoms. The lowest BCUT2D eigenvalue weighted by Gasteiger charge is -2.36. The summed E-state index contributed by atoms with van der Waals surface area (Å²) in [5, 5.41) is 19.7. The van der Waals surface area contributed by atoms with Crippen molar-refractivity contribution < 1.29 is 10.2 Å². The number of rotatable bonds is 3. The Balaban J connectivity index is 2.11. The predicted octanol–water partition coefficient (Wildman–Crippen LogP) is 0.378. The molecule has 94 valence electrons. The van der Waals surface area contributed by atoms with Crippen LogP contribution >= 0.6 is 11.8 Å². The lowest BCUT2D eigenvalue weighted by Crippen LogP contribution is -2.45. The van der Waals surface area contributed by atoms with Gasteiger partial charge in [0, 0.05) is 25.2 Å². The molecular weight excluding hydrogens is 238 g/mol. The Kier molecular flexibility index (Phi) is 4.20. The molecule has 1 aromatic rings. The van der Waals surface area contributed by atoms with Crippen LogP contribution in [-0.2, 0) is 0 Å². The first kappa shape index (κ1) is 12.6. The topological polar surface area (TPSA) is 69.5 Å². The largest absolute Gasteiger partial charge is 0.396 e. The average molecular weight is 255 g/mol. The van der Waals surface area contributed by atoms with Gasteiger partial charge in [0.15, 0.2) is 5.16 Å². The monoisotopic (exact) mass is 255 g/mol. The third kappa shape index (κ3) is 2.88. The first-order valence-corrected chi connectivity index (χ1v) is 6.88. The van der Waals surface area contributed by atoms with E-state index in [1.54, 1.807) is 6.20 Å². The number of nitrogens with zero attached hydrogens (tertiary/aromatic N) is 3.